The van der Waals surface area contributed by atoms with Crippen LogP contribution in [0.2, 0.25) is 0 Å². The number of amides is 1. The number of ether oxygens (including phenoxy) is 1. The average molecular weight is 336 g/mol. The molecule has 128 valence electrons. The first-order valence-electron chi connectivity index (χ1n) is 7.51. The van der Waals surface area contributed by atoms with Gasteiger partial charge in [0.2, 0.25) is 0 Å². The van der Waals surface area contributed by atoms with Crippen LogP contribution in [0.25, 0.3) is 0 Å². The van der Waals surface area contributed by atoms with Crippen molar-refractivity contribution in [3.8, 4) is 6.07 Å². The van der Waals surface area contributed by atoms with Gasteiger partial charge in [0.15, 0.2) is 0 Å². The van der Waals surface area contributed by atoms with Gasteiger partial charge in [0.05, 0.1) is 13.2 Å². The molecule has 2 N–H and O–H groups in total. The predicted molar refractivity (Wildman–Crippen MR) is 83.9 cm³/mol. The third kappa shape index (κ3) is 5.01. The molecule has 2 rings (SSSR count). The summed E-state index contributed by atoms with van der Waals surface area (Å²) >= 11 is 0. The molecule has 0 atom stereocenters. The number of morpholine rings is 1. The molecule has 0 aliphatic carbocycles. The Morgan fingerprint density at radius 3 is 2.62 bits per heavy atom. The molecule has 0 unspecified atom stereocenters. The summed E-state index contributed by atoms with van der Waals surface area (Å²) in [5.41, 5.74) is -0.675. The molecular formula is C16H18F2N4O2. The third-order valence-electron chi connectivity index (χ3n) is 3.51. The topological polar surface area (TPSA) is 77.4 Å². The molecule has 1 saturated heterocycles. The number of carbonyl (C=O) groups excluding carboxylic acids is 1. The summed E-state index contributed by atoms with van der Waals surface area (Å²) in [6, 6.07) is 5.09. The highest BCUT2D eigenvalue weighted by Gasteiger charge is 2.13. The Balaban J connectivity index is 1.87. The van der Waals surface area contributed by atoms with Crippen LogP contribution in [0.4, 0.5) is 14.5 Å². The monoisotopic (exact) mass is 336 g/mol. The summed E-state index contributed by atoms with van der Waals surface area (Å²) in [4.78, 5) is 14.1. The van der Waals surface area contributed by atoms with Gasteiger partial charge in [-0.1, -0.05) is 6.07 Å². The number of anilines is 1. The first-order valence-corrected chi connectivity index (χ1v) is 7.51. The summed E-state index contributed by atoms with van der Waals surface area (Å²) in [7, 11) is 0. The molecule has 1 aliphatic rings. The van der Waals surface area contributed by atoms with E-state index in [1.54, 1.807) is 6.07 Å². The van der Waals surface area contributed by atoms with E-state index in [1.807, 2.05) is 0 Å². The third-order valence-corrected chi connectivity index (χ3v) is 3.51. The summed E-state index contributed by atoms with van der Waals surface area (Å²) < 4.78 is 32.2. The maximum atomic E-state index is 13.5. The van der Waals surface area contributed by atoms with Gasteiger partial charge in [0.25, 0.3) is 5.91 Å². The first-order chi connectivity index (χ1) is 11.6. The minimum absolute atomic E-state index is 0.264. The predicted octanol–water partition coefficient (Wildman–Crippen LogP) is 1.23. The zero-order valence-corrected chi connectivity index (χ0v) is 13.0. The number of rotatable bonds is 6. The molecule has 0 aromatic heterocycles. The fourth-order valence-electron chi connectivity index (χ4n) is 2.18. The van der Waals surface area contributed by atoms with E-state index in [0.29, 0.717) is 26.3 Å². The second-order valence-corrected chi connectivity index (χ2v) is 5.12. The van der Waals surface area contributed by atoms with Crippen molar-refractivity contribution < 1.29 is 18.3 Å². The fourth-order valence-corrected chi connectivity index (χ4v) is 2.18. The number of nitrogens with zero attached hydrogens (tertiary/aromatic N) is 2. The van der Waals surface area contributed by atoms with Gasteiger partial charge >= 0.3 is 0 Å². The molecule has 0 bridgehead atoms. The van der Waals surface area contributed by atoms with E-state index in [1.165, 1.54) is 6.07 Å². The van der Waals surface area contributed by atoms with Crippen molar-refractivity contribution in [1.29, 1.82) is 5.26 Å². The lowest BCUT2D eigenvalue weighted by Gasteiger charge is -2.26. The second kappa shape index (κ2) is 8.96. The van der Waals surface area contributed by atoms with E-state index < -0.39 is 23.2 Å². The van der Waals surface area contributed by atoms with Crippen LogP contribution in [0.3, 0.4) is 0 Å². The van der Waals surface area contributed by atoms with Crippen molar-refractivity contribution in [2.45, 2.75) is 0 Å². The van der Waals surface area contributed by atoms with Gasteiger partial charge < -0.3 is 15.4 Å². The Hall–Kier alpha value is -2.50. The summed E-state index contributed by atoms with van der Waals surface area (Å²) in [5, 5.41) is 14.0. The molecule has 1 aromatic rings. The molecule has 1 amide bonds. The number of nitrogens with one attached hydrogen (secondary N) is 2. The van der Waals surface area contributed by atoms with E-state index in [2.05, 4.69) is 15.5 Å². The van der Waals surface area contributed by atoms with Crippen molar-refractivity contribution in [3.63, 3.8) is 0 Å². The Kier molecular flexibility index (Phi) is 6.66. The van der Waals surface area contributed by atoms with Crippen molar-refractivity contribution in [2.24, 2.45) is 0 Å². The van der Waals surface area contributed by atoms with Gasteiger partial charge in [-0.2, -0.15) is 5.26 Å². The van der Waals surface area contributed by atoms with Crippen LogP contribution in [-0.4, -0.2) is 50.2 Å². The van der Waals surface area contributed by atoms with Crippen LogP contribution in [0.15, 0.2) is 30.0 Å². The second-order valence-electron chi connectivity index (χ2n) is 5.12. The maximum Gasteiger partial charge on any atom is 0.263 e. The first kappa shape index (κ1) is 17.8. The van der Waals surface area contributed by atoms with Gasteiger partial charge in [0.1, 0.15) is 29.0 Å². The van der Waals surface area contributed by atoms with Gasteiger partial charge in [-0.15, -0.1) is 0 Å². The maximum absolute atomic E-state index is 13.5. The zero-order chi connectivity index (χ0) is 17.4. The van der Waals surface area contributed by atoms with E-state index in [0.717, 1.165) is 31.4 Å². The average Bonchev–Trinajstić information content (AvgIpc) is 2.58. The molecule has 0 spiro atoms. The number of hydrogen-bond acceptors (Lipinski definition) is 5. The largest absolute Gasteiger partial charge is 0.379 e. The number of halogens is 2. The Morgan fingerprint density at radius 1 is 1.33 bits per heavy atom. The van der Waals surface area contributed by atoms with Crippen molar-refractivity contribution >= 4 is 11.6 Å². The number of para-hydroxylation sites is 1. The Morgan fingerprint density at radius 2 is 2.00 bits per heavy atom. The number of nitriles is 1. The van der Waals surface area contributed by atoms with Crippen LogP contribution in [0.5, 0.6) is 0 Å². The number of hydrogen-bond donors (Lipinski definition) is 2. The highest BCUT2D eigenvalue weighted by atomic mass is 19.1. The van der Waals surface area contributed by atoms with E-state index in [-0.39, 0.29) is 5.57 Å². The van der Waals surface area contributed by atoms with Crippen molar-refractivity contribution in [2.75, 3.05) is 44.7 Å². The van der Waals surface area contributed by atoms with Crippen LogP contribution < -0.4 is 10.6 Å². The molecule has 24 heavy (non-hydrogen) atoms. The Labute approximate surface area is 138 Å². The minimum Gasteiger partial charge on any atom is -0.379 e. The van der Waals surface area contributed by atoms with Crippen molar-refractivity contribution in [3.05, 3.63) is 41.6 Å². The van der Waals surface area contributed by atoms with Crippen LogP contribution in [0, 0.1) is 23.0 Å². The fraction of sp³-hybridized carbons (Fsp3) is 0.375. The lowest BCUT2D eigenvalue weighted by Crippen LogP contribution is -2.41. The normalized spacial score (nSPS) is 15.6. The molecular weight excluding hydrogens is 318 g/mol. The SMILES string of the molecule is N#C/C(=C/Nc1c(F)cccc1F)C(=O)NCCN1CCOCC1. The standard InChI is InChI=1S/C16H18F2N4O2/c17-13-2-1-3-14(18)15(13)21-11-12(10-19)16(23)20-4-5-22-6-8-24-9-7-22/h1-3,11,21H,4-9H2,(H,20,23)/b12-11-. The van der Waals surface area contributed by atoms with Crippen LogP contribution in [-0.2, 0) is 9.53 Å². The number of carbonyl (C=O) groups is 1. The summed E-state index contributed by atoms with van der Waals surface area (Å²) in [5.74, 6) is -2.22. The van der Waals surface area contributed by atoms with Gasteiger partial charge in [-0.3, -0.25) is 9.69 Å². The van der Waals surface area contributed by atoms with Gasteiger partial charge in [-0.25, -0.2) is 8.78 Å². The van der Waals surface area contributed by atoms with Gasteiger partial charge in [0, 0.05) is 32.4 Å². The molecule has 1 heterocycles. The lowest BCUT2D eigenvalue weighted by molar-refractivity contribution is -0.117. The van der Waals surface area contributed by atoms with Crippen LogP contribution in [0.1, 0.15) is 0 Å². The summed E-state index contributed by atoms with van der Waals surface area (Å²) in [6.07, 6.45) is 0.992. The molecule has 1 aromatic carbocycles. The summed E-state index contributed by atoms with van der Waals surface area (Å²) in [6.45, 7) is 3.93. The molecule has 0 saturated carbocycles. The van der Waals surface area contributed by atoms with E-state index >= 15 is 0 Å². The lowest BCUT2D eigenvalue weighted by atomic mass is 10.2. The smallest absolute Gasteiger partial charge is 0.263 e. The highest BCUT2D eigenvalue weighted by molar-refractivity contribution is 5.97. The molecule has 8 heteroatoms. The van der Waals surface area contributed by atoms with Gasteiger partial charge in [-0.05, 0) is 12.1 Å². The Bertz CT molecular complexity index is 632. The number of benzene rings is 1. The zero-order valence-electron chi connectivity index (χ0n) is 13.0. The molecule has 1 fully saturated rings. The van der Waals surface area contributed by atoms with E-state index in [4.69, 9.17) is 10.00 Å². The van der Waals surface area contributed by atoms with E-state index in [9.17, 15) is 13.6 Å². The van der Waals surface area contributed by atoms with Crippen LogP contribution >= 0.6 is 0 Å². The minimum atomic E-state index is -0.809. The molecule has 1 aliphatic heterocycles. The quantitative estimate of drug-likeness (QED) is 0.604. The van der Waals surface area contributed by atoms with Crippen molar-refractivity contribution in [1.82, 2.24) is 10.2 Å². The molecule has 6 nitrogen and oxygen atoms in total. The highest BCUT2D eigenvalue weighted by Crippen LogP contribution is 2.18. The molecule has 0 radical (unpaired) electrons.